The zero-order chi connectivity index (χ0) is 16.5. The van der Waals surface area contributed by atoms with Crippen LogP contribution in [0.1, 0.15) is 25.3 Å². The fraction of sp³-hybridized carbons (Fsp3) is 0.227. The molecule has 24 heavy (non-hydrogen) atoms. The first-order valence-corrected chi connectivity index (χ1v) is 8.70. The molecule has 0 aliphatic heterocycles. The summed E-state index contributed by atoms with van der Waals surface area (Å²) < 4.78 is 0. The van der Waals surface area contributed by atoms with Gasteiger partial charge in [-0.2, -0.15) is 0 Å². The van der Waals surface area contributed by atoms with Crippen LogP contribution in [-0.2, 0) is 11.2 Å². The first-order valence-electron chi connectivity index (χ1n) is 8.70. The van der Waals surface area contributed by atoms with E-state index in [1.165, 1.54) is 37.9 Å². The van der Waals surface area contributed by atoms with Crippen LogP contribution < -0.4 is 5.32 Å². The van der Waals surface area contributed by atoms with Crippen LogP contribution in [0.15, 0.2) is 54.6 Å². The molecular formula is C22H21NO. The van der Waals surface area contributed by atoms with Crippen LogP contribution in [0.4, 0.5) is 0 Å². The molecule has 0 atom stereocenters. The fourth-order valence-electron chi connectivity index (χ4n) is 3.61. The number of amides is 1. The molecule has 4 aromatic carbocycles. The van der Waals surface area contributed by atoms with Crippen LogP contribution in [0.3, 0.4) is 0 Å². The number of rotatable bonds is 5. The standard InChI is InChI=1S/C22H21NO/c1-2-14-23-20(24)13-11-15-6-7-18-9-8-16-4-3-5-17-10-12-19(15)22(18)21(16)17/h3-10,12H,2,11,13-14H2,1H3,(H,23,24). The molecule has 0 unspecified atom stereocenters. The van der Waals surface area contributed by atoms with Gasteiger partial charge in [0.25, 0.3) is 0 Å². The third kappa shape index (κ3) is 2.48. The van der Waals surface area contributed by atoms with Gasteiger partial charge in [-0.1, -0.05) is 61.5 Å². The quantitative estimate of drug-likeness (QED) is 0.513. The molecule has 0 saturated heterocycles. The number of aryl methyl sites for hydroxylation is 1. The molecule has 0 radical (unpaired) electrons. The van der Waals surface area contributed by atoms with Crippen LogP contribution in [0.2, 0.25) is 0 Å². The second kappa shape index (κ2) is 6.12. The van der Waals surface area contributed by atoms with Gasteiger partial charge in [-0.05, 0) is 50.7 Å². The fourth-order valence-corrected chi connectivity index (χ4v) is 3.61. The van der Waals surface area contributed by atoms with Crippen molar-refractivity contribution in [3.63, 3.8) is 0 Å². The van der Waals surface area contributed by atoms with Gasteiger partial charge in [0.1, 0.15) is 0 Å². The van der Waals surface area contributed by atoms with Gasteiger partial charge in [0.15, 0.2) is 0 Å². The maximum Gasteiger partial charge on any atom is 0.220 e. The summed E-state index contributed by atoms with van der Waals surface area (Å²) in [4.78, 5) is 11.9. The molecule has 0 heterocycles. The van der Waals surface area contributed by atoms with Crippen LogP contribution in [-0.4, -0.2) is 12.5 Å². The Balaban J connectivity index is 1.78. The Labute approximate surface area is 141 Å². The minimum atomic E-state index is 0.141. The topological polar surface area (TPSA) is 29.1 Å². The zero-order valence-electron chi connectivity index (χ0n) is 13.9. The molecule has 0 aliphatic carbocycles. The van der Waals surface area contributed by atoms with Crippen molar-refractivity contribution in [2.45, 2.75) is 26.2 Å². The Morgan fingerprint density at radius 1 is 0.875 bits per heavy atom. The van der Waals surface area contributed by atoms with Crippen molar-refractivity contribution in [3.8, 4) is 0 Å². The maximum absolute atomic E-state index is 11.9. The molecule has 0 bridgehead atoms. The highest BCUT2D eigenvalue weighted by Crippen LogP contribution is 2.36. The van der Waals surface area contributed by atoms with E-state index >= 15 is 0 Å². The van der Waals surface area contributed by atoms with E-state index in [0.29, 0.717) is 6.42 Å². The van der Waals surface area contributed by atoms with E-state index in [4.69, 9.17) is 0 Å². The average molecular weight is 315 g/mol. The summed E-state index contributed by atoms with van der Waals surface area (Å²) in [5, 5.41) is 10.7. The van der Waals surface area contributed by atoms with E-state index in [1.807, 2.05) is 0 Å². The molecule has 0 aromatic heterocycles. The Hall–Kier alpha value is -2.61. The van der Waals surface area contributed by atoms with E-state index in [9.17, 15) is 4.79 Å². The molecule has 0 aliphatic rings. The van der Waals surface area contributed by atoms with Crippen molar-refractivity contribution in [1.82, 2.24) is 5.32 Å². The molecule has 1 amide bonds. The van der Waals surface area contributed by atoms with Gasteiger partial charge >= 0.3 is 0 Å². The lowest BCUT2D eigenvalue weighted by atomic mass is 9.91. The third-order valence-corrected chi connectivity index (χ3v) is 4.81. The average Bonchev–Trinajstić information content (AvgIpc) is 2.63. The number of hydrogen-bond donors (Lipinski definition) is 1. The van der Waals surface area contributed by atoms with Crippen molar-refractivity contribution >= 4 is 38.2 Å². The molecule has 0 fully saturated rings. The highest BCUT2D eigenvalue weighted by molar-refractivity contribution is 6.23. The van der Waals surface area contributed by atoms with Crippen LogP contribution in [0.5, 0.6) is 0 Å². The van der Waals surface area contributed by atoms with E-state index in [0.717, 1.165) is 19.4 Å². The normalized spacial score (nSPS) is 11.5. The predicted octanol–water partition coefficient (Wildman–Crippen LogP) is 5.04. The van der Waals surface area contributed by atoms with Crippen LogP contribution >= 0.6 is 0 Å². The van der Waals surface area contributed by atoms with Crippen LogP contribution in [0, 0.1) is 0 Å². The van der Waals surface area contributed by atoms with Crippen molar-refractivity contribution < 1.29 is 4.79 Å². The molecule has 0 spiro atoms. The smallest absolute Gasteiger partial charge is 0.220 e. The molecule has 4 rings (SSSR count). The summed E-state index contributed by atoms with van der Waals surface area (Å²) in [7, 11) is 0. The van der Waals surface area contributed by atoms with Gasteiger partial charge in [0.05, 0.1) is 0 Å². The van der Waals surface area contributed by atoms with E-state index in [-0.39, 0.29) is 5.91 Å². The molecule has 0 saturated carbocycles. The zero-order valence-corrected chi connectivity index (χ0v) is 13.9. The van der Waals surface area contributed by atoms with Gasteiger partial charge in [0, 0.05) is 13.0 Å². The van der Waals surface area contributed by atoms with Gasteiger partial charge in [-0.25, -0.2) is 0 Å². The lowest BCUT2D eigenvalue weighted by molar-refractivity contribution is -0.121. The SMILES string of the molecule is CCCNC(=O)CCc1ccc2ccc3cccc4ccc1c2c34. The number of hydrogen-bond acceptors (Lipinski definition) is 1. The minimum absolute atomic E-state index is 0.141. The third-order valence-electron chi connectivity index (χ3n) is 4.81. The highest BCUT2D eigenvalue weighted by atomic mass is 16.1. The van der Waals surface area contributed by atoms with E-state index < -0.39 is 0 Å². The summed E-state index contributed by atoms with van der Waals surface area (Å²) in [5.74, 6) is 0.141. The number of carbonyl (C=O) groups is 1. The van der Waals surface area contributed by atoms with Gasteiger partial charge in [-0.15, -0.1) is 0 Å². The largest absolute Gasteiger partial charge is 0.356 e. The van der Waals surface area contributed by atoms with Gasteiger partial charge < -0.3 is 5.32 Å². The molecule has 120 valence electrons. The van der Waals surface area contributed by atoms with Gasteiger partial charge in [0.2, 0.25) is 5.91 Å². The molecule has 2 heteroatoms. The highest BCUT2D eigenvalue weighted by Gasteiger charge is 2.11. The number of benzene rings is 4. The Kier molecular flexibility index (Phi) is 3.81. The summed E-state index contributed by atoms with van der Waals surface area (Å²) in [6, 6.07) is 19.6. The summed E-state index contributed by atoms with van der Waals surface area (Å²) in [5.41, 5.74) is 1.26. The van der Waals surface area contributed by atoms with E-state index in [1.54, 1.807) is 0 Å². The summed E-state index contributed by atoms with van der Waals surface area (Å²) >= 11 is 0. The molecule has 4 aromatic rings. The van der Waals surface area contributed by atoms with Gasteiger partial charge in [-0.3, -0.25) is 4.79 Å². The second-order valence-electron chi connectivity index (χ2n) is 6.43. The van der Waals surface area contributed by atoms with E-state index in [2.05, 4.69) is 66.8 Å². The molecule has 2 nitrogen and oxygen atoms in total. The molecular weight excluding hydrogens is 294 g/mol. The van der Waals surface area contributed by atoms with Crippen molar-refractivity contribution in [1.29, 1.82) is 0 Å². The monoisotopic (exact) mass is 315 g/mol. The first-order chi connectivity index (χ1) is 11.8. The Morgan fingerprint density at radius 3 is 2.29 bits per heavy atom. The maximum atomic E-state index is 11.9. The van der Waals surface area contributed by atoms with Crippen LogP contribution in [0.25, 0.3) is 32.3 Å². The minimum Gasteiger partial charge on any atom is -0.356 e. The predicted molar refractivity (Wildman–Crippen MR) is 102 cm³/mol. The number of carbonyl (C=O) groups excluding carboxylic acids is 1. The summed E-state index contributed by atoms with van der Waals surface area (Å²) in [6.45, 7) is 2.83. The van der Waals surface area contributed by atoms with Crippen molar-refractivity contribution in [2.24, 2.45) is 0 Å². The number of nitrogens with one attached hydrogen (secondary N) is 1. The van der Waals surface area contributed by atoms with Crippen molar-refractivity contribution in [2.75, 3.05) is 6.54 Å². The Morgan fingerprint density at radius 2 is 1.54 bits per heavy atom. The second-order valence-corrected chi connectivity index (χ2v) is 6.43. The molecule has 1 N–H and O–H groups in total. The lowest BCUT2D eigenvalue weighted by Gasteiger charge is -2.13. The first kappa shape index (κ1) is 14.9. The lowest BCUT2D eigenvalue weighted by Crippen LogP contribution is -2.24. The Bertz CT molecular complexity index is 1000. The van der Waals surface area contributed by atoms with Crippen molar-refractivity contribution in [3.05, 3.63) is 60.2 Å². The summed E-state index contributed by atoms with van der Waals surface area (Å²) in [6.07, 6.45) is 2.30.